The standard InChI is InChI=1S/C23H34O5/c1-16(2)17(3)27-22(24)6-5-7-23(25)28-21-14-10-19(11-15-21)18-8-12-20(26-4)13-9-18/h8-9,12-13,16-17,19,21H,5-7,10-11,14-15H2,1-4H3. The van der Waals surface area contributed by atoms with Crippen molar-refractivity contribution in [1.29, 1.82) is 0 Å². The number of ether oxygens (including phenoxy) is 3. The Kier molecular flexibility index (Phi) is 8.81. The molecule has 1 fully saturated rings. The van der Waals surface area contributed by atoms with E-state index in [2.05, 4.69) is 12.1 Å². The van der Waals surface area contributed by atoms with Crippen molar-refractivity contribution in [2.75, 3.05) is 7.11 Å². The minimum Gasteiger partial charge on any atom is -0.497 e. The molecule has 0 aliphatic heterocycles. The number of benzene rings is 1. The van der Waals surface area contributed by atoms with Crippen molar-refractivity contribution in [2.45, 2.75) is 83.8 Å². The van der Waals surface area contributed by atoms with Gasteiger partial charge in [-0.3, -0.25) is 9.59 Å². The van der Waals surface area contributed by atoms with Gasteiger partial charge in [0, 0.05) is 12.8 Å². The molecule has 1 aliphatic rings. The van der Waals surface area contributed by atoms with Crippen LogP contribution in [-0.2, 0) is 19.1 Å². The SMILES string of the molecule is COc1ccc(C2CCC(OC(=O)CCCC(=O)OC(C)C(C)C)CC2)cc1. The fourth-order valence-electron chi connectivity index (χ4n) is 3.41. The van der Waals surface area contributed by atoms with Crippen molar-refractivity contribution >= 4 is 11.9 Å². The van der Waals surface area contributed by atoms with Crippen LogP contribution in [0, 0.1) is 5.92 Å². The maximum Gasteiger partial charge on any atom is 0.306 e. The third kappa shape index (κ3) is 7.17. The van der Waals surface area contributed by atoms with E-state index in [1.54, 1.807) is 7.11 Å². The summed E-state index contributed by atoms with van der Waals surface area (Å²) in [6, 6.07) is 8.23. The molecule has 0 aromatic heterocycles. The zero-order valence-electron chi connectivity index (χ0n) is 17.6. The quantitative estimate of drug-likeness (QED) is 0.554. The van der Waals surface area contributed by atoms with E-state index < -0.39 is 0 Å². The summed E-state index contributed by atoms with van der Waals surface area (Å²) in [5.41, 5.74) is 1.32. The molecule has 1 saturated carbocycles. The minimum atomic E-state index is -0.242. The maximum atomic E-state index is 12.1. The normalized spacial score (nSPS) is 20.5. The van der Waals surface area contributed by atoms with Gasteiger partial charge in [0.15, 0.2) is 0 Å². The Bertz CT molecular complexity index is 614. The van der Waals surface area contributed by atoms with Gasteiger partial charge in [-0.05, 0) is 68.6 Å². The van der Waals surface area contributed by atoms with Crippen LogP contribution >= 0.6 is 0 Å². The smallest absolute Gasteiger partial charge is 0.306 e. The molecule has 1 unspecified atom stereocenters. The first kappa shape index (κ1) is 22.3. The number of esters is 2. The molecular weight excluding hydrogens is 356 g/mol. The second-order valence-electron chi connectivity index (χ2n) is 8.03. The summed E-state index contributed by atoms with van der Waals surface area (Å²) in [5.74, 6) is 1.22. The van der Waals surface area contributed by atoms with Crippen LogP contribution in [0.4, 0.5) is 0 Å². The highest BCUT2D eigenvalue weighted by molar-refractivity contribution is 5.72. The third-order valence-electron chi connectivity index (χ3n) is 5.58. The van der Waals surface area contributed by atoms with Crippen molar-refractivity contribution < 1.29 is 23.8 Å². The van der Waals surface area contributed by atoms with Crippen molar-refractivity contribution in [3.8, 4) is 5.75 Å². The van der Waals surface area contributed by atoms with E-state index in [1.807, 2.05) is 32.9 Å². The molecule has 0 amide bonds. The largest absolute Gasteiger partial charge is 0.497 e. The first-order valence-electron chi connectivity index (χ1n) is 10.4. The fraction of sp³-hybridized carbons (Fsp3) is 0.652. The van der Waals surface area contributed by atoms with Crippen LogP contribution in [0.3, 0.4) is 0 Å². The summed E-state index contributed by atoms with van der Waals surface area (Å²) in [6.07, 6.45) is 4.71. The predicted molar refractivity (Wildman–Crippen MR) is 108 cm³/mol. The van der Waals surface area contributed by atoms with Gasteiger partial charge in [-0.1, -0.05) is 26.0 Å². The Morgan fingerprint density at radius 3 is 2.14 bits per heavy atom. The topological polar surface area (TPSA) is 61.8 Å². The summed E-state index contributed by atoms with van der Waals surface area (Å²) in [4.78, 5) is 23.8. The lowest BCUT2D eigenvalue weighted by Gasteiger charge is -2.28. The van der Waals surface area contributed by atoms with E-state index in [0.717, 1.165) is 31.4 Å². The van der Waals surface area contributed by atoms with Crippen LogP contribution in [0.15, 0.2) is 24.3 Å². The lowest BCUT2D eigenvalue weighted by atomic mass is 9.83. The Labute approximate surface area is 168 Å². The van der Waals surface area contributed by atoms with Crippen LogP contribution in [0.25, 0.3) is 0 Å². The third-order valence-corrected chi connectivity index (χ3v) is 5.58. The van der Waals surface area contributed by atoms with Gasteiger partial charge in [0.1, 0.15) is 18.0 Å². The number of carbonyl (C=O) groups excluding carboxylic acids is 2. The van der Waals surface area contributed by atoms with Gasteiger partial charge in [0.2, 0.25) is 0 Å². The van der Waals surface area contributed by atoms with Gasteiger partial charge in [-0.2, -0.15) is 0 Å². The number of hydrogen-bond acceptors (Lipinski definition) is 5. The molecule has 1 atom stereocenters. The number of hydrogen-bond donors (Lipinski definition) is 0. The van der Waals surface area contributed by atoms with Crippen molar-refractivity contribution in [3.63, 3.8) is 0 Å². The first-order chi connectivity index (χ1) is 13.4. The lowest BCUT2D eigenvalue weighted by molar-refractivity contribution is -0.152. The van der Waals surface area contributed by atoms with Gasteiger partial charge in [-0.15, -0.1) is 0 Å². The highest BCUT2D eigenvalue weighted by Crippen LogP contribution is 2.34. The Balaban J connectivity index is 1.64. The molecule has 5 nitrogen and oxygen atoms in total. The number of carbonyl (C=O) groups is 2. The second kappa shape index (κ2) is 11.1. The molecule has 0 N–H and O–H groups in total. The van der Waals surface area contributed by atoms with Crippen LogP contribution in [0.2, 0.25) is 0 Å². The highest BCUT2D eigenvalue weighted by Gasteiger charge is 2.25. The zero-order chi connectivity index (χ0) is 20.5. The molecule has 1 aromatic carbocycles. The summed E-state index contributed by atoms with van der Waals surface area (Å²) < 4.78 is 16.1. The van der Waals surface area contributed by atoms with Gasteiger partial charge >= 0.3 is 11.9 Å². The van der Waals surface area contributed by atoms with Gasteiger partial charge in [0.25, 0.3) is 0 Å². The molecule has 1 aromatic rings. The van der Waals surface area contributed by atoms with Gasteiger partial charge in [-0.25, -0.2) is 0 Å². The van der Waals surface area contributed by atoms with Crippen LogP contribution < -0.4 is 4.74 Å². The average molecular weight is 391 g/mol. The number of rotatable bonds is 9. The summed E-state index contributed by atoms with van der Waals surface area (Å²) in [5, 5.41) is 0. The maximum absolute atomic E-state index is 12.1. The van der Waals surface area contributed by atoms with E-state index in [0.29, 0.717) is 18.3 Å². The monoisotopic (exact) mass is 390 g/mol. The first-order valence-corrected chi connectivity index (χ1v) is 10.4. The van der Waals surface area contributed by atoms with Crippen LogP contribution in [0.1, 0.15) is 77.2 Å². The molecule has 5 heteroatoms. The van der Waals surface area contributed by atoms with Gasteiger partial charge < -0.3 is 14.2 Å². The Hall–Kier alpha value is -2.04. The molecule has 2 rings (SSSR count). The average Bonchev–Trinajstić information content (AvgIpc) is 2.68. The molecule has 28 heavy (non-hydrogen) atoms. The molecule has 0 spiro atoms. The number of methoxy groups -OCH3 is 1. The van der Waals surface area contributed by atoms with Gasteiger partial charge in [0.05, 0.1) is 7.11 Å². The second-order valence-corrected chi connectivity index (χ2v) is 8.03. The Morgan fingerprint density at radius 2 is 1.57 bits per heavy atom. The Morgan fingerprint density at radius 1 is 0.964 bits per heavy atom. The van der Waals surface area contributed by atoms with Crippen molar-refractivity contribution in [2.24, 2.45) is 5.92 Å². The summed E-state index contributed by atoms with van der Waals surface area (Å²) in [6.45, 7) is 5.91. The molecule has 0 heterocycles. The lowest BCUT2D eigenvalue weighted by Crippen LogP contribution is -2.24. The highest BCUT2D eigenvalue weighted by atomic mass is 16.5. The van der Waals surface area contributed by atoms with Crippen molar-refractivity contribution in [1.82, 2.24) is 0 Å². The summed E-state index contributed by atoms with van der Waals surface area (Å²) in [7, 11) is 1.67. The van der Waals surface area contributed by atoms with Crippen LogP contribution in [-0.4, -0.2) is 31.3 Å². The summed E-state index contributed by atoms with van der Waals surface area (Å²) >= 11 is 0. The van der Waals surface area contributed by atoms with E-state index in [1.165, 1.54) is 5.56 Å². The van der Waals surface area contributed by atoms with Crippen molar-refractivity contribution in [3.05, 3.63) is 29.8 Å². The molecule has 156 valence electrons. The molecule has 0 bridgehead atoms. The predicted octanol–water partition coefficient (Wildman–Crippen LogP) is 5.02. The molecule has 1 aliphatic carbocycles. The minimum absolute atomic E-state index is 0.00471. The zero-order valence-corrected chi connectivity index (χ0v) is 17.6. The molecule has 0 radical (unpaired) electrons. The van der Waals surface area contributed by atoms with E-state index in [9.17, 15) is 9.59 Å². The van der Waals surface area contributed by atoms with E-state index in [-0.39, 0.29) is 37.0 Å². The molecule has 0 saturated heterocycles. The van der Waals surface area contributed by atoms with E-state index >= 15 is 0 Å². The van der Waals surface area contributed by atoms with E-state index in [4.69, 9.17) is 14.2 Å². The molecular formula is C23H34O5. The van der Waals surface area contributed by atoms with Crippen LogP contribution in [0.5, 0.6) is 5.75 Å². The fourth-order valence-corrected chi connectivity index (χ4v) is 3.41.